The summed E-state index contributed by atoms with van der Waals surface area (Å²) < 4.78 is 6.02. The molecular formula is C15H28N2O. The van der Waals surface area contributed by atoms with E-state index in [0.717, 1.165) is 26.2 Å². The fourth-order valence-corrected chi connectivity index (χ4v) is 2.96. The van der Waals surface area contributed by atoms with Crippen molar-refractivity contribution in [1.29, 1.82) is 0 Å². The lowest BCUT2D eigenvalue weighted by Gasteiger charge is -2.37. The van der Waals surface area contributed by atoms with Crippen LogP contribution in [0, 0.1) is 0 Å². The lowest BCUT2D eigenvalue weighted by Crippen LogP contribution is -2.52. The summed E-state index contributed by atoms with van der Waals surface area (Å²) in [5.41, 5.74) is 1.59. The van der Waals surface area contributed by atoms with E-state index in [-0.39, 0.29) is 0 Å². The summed E-state index contributed by atoms with van der Waals surface area (Å²) in [7, 11) is 2.20. The Labute approximate surface area is 112 Å². The maximum absolute atomic E-state index is 6.02. The molecular weight excluding hydrogens is 224 g/mol. The van der Waals surface area contributed by atoms with Gasteiger partial charge in [0.2, 0.25) is 0 Å². The van der Waals surface area contributed by atoms with Crippen molar-refractivity contribution in [2.24, 2.45) is 0 Å². The van der Waals surface area contributed by atoms with Crippen LogP contribution in [-0.2, 0) is 4.74 Å². The molecule has 104 valence electrons. The van der Waals surface area contributed by atoms with Gasteiger partial charge in [-0.2, -0.15) is 0 Å². The topological polar surface area (TPSA) is 24.5 Å². The van der Waals surface area contributed by atoms with Crippen molar-refractivity contribution in [3.05, 3.63) is 11.6 Å². The van der Waals surface area contributed by atoms with Crippen LogP contribution in [0.4, 0.5) is 0 Å². The third-order valence-electron chi connectivity index (χ3n) is 4.01. The van der Waals surface area contributed by atoms with Crippen molar-refractivity contribution in [2.75, 3.05) is 33.3 Å². The lowest BCUT2D eigenvalue weighted by atomic mass is 9.90. The van der Waals surface area contributed by atoms with Gasteiger partial charge in [-0.25, -0.2) is 0 Å². The number of allylic oxidation sites excluding steroid dienone is 1. The summed E-state index contributed by atoms with van der Waals surface area (Å²) in [5.74, 6) is 0. The van der Waals surface area contributed by atoms with Crippen molar-refractivity contribution in [3.8, 4) is 0 Å². The molecule has 0 saturated carbocycles. The van der Waals surface area contributed by atoms with E-state index in [0.29, 0.717) is 12.1 Å². The Hall–Kier alpha value is -0.380. The second kappa shape index (κ2) is 7.27. The van der Waals surface area contributed by atoms with E-state index in [2.05, 4.69) is 30.3 Å². The zero-order valence-corrected chi connectivity index (χ0v) is 12.0. The Morgan fingerprint density at radius 2 is 2.39 bits per heavy atom. The molecule has 0 bridgehead atoms. The normalized spacial score (nSPS) is 27.9. The van der Waals surface area contributed by atoms with E-state index in [1.54, 1.807) is 5.57 Å². The van der Waals surface area contributed by atoms with Gasteiger partial charge < -0.3 is 15.0 Å². The molecule has 3 nitrogen and oxygen atoms in total. The first-order chi connectivity index (χ1) is 8.81. The van der Waals surface area contributed by atoms with Crippen molar-refractivity contribution in [3.63, 3.8) is 0 Å². The molecule has 1 heterocycles. The van der Waals surface area contributed by atoms with Crippen LogP contribution in [0.1, 0.15) is 39.0 Å². The molecule has 2 unspecified atom stereocenters. The predicted molar refractivity (Wildman–Crippen MR) is 75.9 cm³/mol. The monoisotopic (exact) mass is 252 g/mol. The second-order valence-electron chi connectivity index (χ2n) is 5.63. The molecule has 2 aliphatic rings. The number of hydrogen-bond donors (Lipinski definition) is 1. The minimum absolute atomic E-state index is 0.333. The first kappa shape index (κ1) is 14.0. The summed E-state index contributed by atoms with van der Waals surface area (Å²) in [6.45, 7) is 6.31. The third kappa shape index (κ3) is 3.81. The lowest BCUT2D eigenvalue weighted by molar-refractivity contribution is -0.0328. The number of nitrogens with zero attached hydrogens (tertiary/aromatic N) is 1. The van der Waals surface area contributed by atoms with Gasteiger partial charge in [0.25, 0.3) is 0 Å². The van der Waals surface area contributed by atoms with Crippen LogP contribution in [0.5, 0.6) is 0 Å². The quantitative estimate of drug-likeness (QED) is 0.759. The van der Waals surface area contributed by atoms with Crippen LogP contribution in [0.25, 0.3) is 0 Å². The molecule has 0 aromatic carbocycles. The molecule has 2 rings (SSSR count). The Bertz CT molecular complexity index is 278. The number of morpholine rings is 1. The van der Waals surface area contributed by atoms with E-state index in [9.17, 15) is 0 Å². The Kier molecular flexibility index (Phi) is 5.67. The standard InChI is InChI=1S/C15H28N2O/c1-3-9-16-15(13-7-5-4-6-8-13)14-12-17(2)10-11-18-14/h7,14-16H,3-6,8-12H2,1-2H3. The van der Waals surface area contributed by atoms with Gasteiger partial charge >= 0.3 is 0 Å². The molecule has 3 heteroatoms. The van der Waals surface area contributed by atoms with Crippen molar-refractivity contribution >= 4 is 0 Å². The van der Waals surface area contributed by atoms with Crippen LogP contribution in [-0.4, -0.2) is 50.3 Å². The zero-order chi connectivity index (χ0) is 12.8. The van der Waals surface area contributed by atoms with Crippen LogP contribution < -0.4 is 5.32 Å². The highest BCUT2D eigenvalue weighted by Gasteiger charge is 2.29. The second-order valence-corrected chi connectivity index (χ2v) is 5.63. The maximum Gasteiger partial charge on any atom is 0.0893 e. The van der Waals surface area contributed by atoms with Crippen LogP contribution in [0.2, 0.25) is 0 Å². The van der Waals surface area contributed by atoms with Gasteiger partial charge in [-0.05, 0) is 45.7 Å². The highest BCUT2D eigenvalue weighted by molar-refractivity contribution is 5.16. The summed E-state index contributed by atoms with van der Waals surface area (Å²) in [6.07, 6.45) is 9.18. The molecule has 0 amide bonds. The van der Waals surface area contributed by atoms with E-state index in [1.807, 2.05) is 0 Å². The Balaban J connectivity index is 2.00. The first-order valence-corrected chi connectivity index (χ1v) is 7.53. The Morgan fingerprint density at radius 1 is 1.50 bits per heavy atom. The van der Waals surface area contributed by atoms with Crippen molar-refractivity contribution in [1.82, 2.24) is 10.2 Å². The largest absolute Gasteiger partial charge is 0.374 e. The highest BCUT2D eigenvalue weighted by atomic mass is 16.5. The van der Waals surface area contributed by atoms with Crippen LogP contribution in [0.15, 0.2) is 11.6 Å². The molecule has 1 saturated heterocycles. The molecule has 1 aliphatic carbocycles. The molecule has 0 spiro atoms. The van der Waals surface area contributed by atoms with Gasteiger partial charge in [-0.3, -0.25) is 0 Å². The van der Waals surface area contributed by atoms with E-state index in [1.165, 1.54) is 32.1 Å². The van der Waals surface area contributed by atoms with Gasteiger partial charge in [-0.1, -0.05) is 18.6 Å². The smallest absolute Gasteiger partial charge is 0.0893 e. The van der Waals surface area contributed by atoms with E-state index < -0.39 is 0 Å². The molecule has 0 radical (unpaired) electrons. The van der Waals surface area contributed by atoms with Gasteiger partial charge in [0.1, 0.15) is 0 Å². The highest BCUT2D eigenvalue weighted by Crippen LogP contribution is 2.24. The number of rotatable bonds is 5. The fourth-order valence-electron chi connectivity index (χ4n) is 2.96. The predicted octanol–water partition coefficient (Wildman–Crippen LogP) is 2.19. The fraction of sp³-hybridized carbons (Fsp3) is 0.867. The van der Waals surface area contributed by atoms with E-state index in [4.69, 9.17) is 4.74 Å². The zero-order valence-electron chi connectivity index (χ0n) is 12.0. The Morgan fingerprint density at radius 3 is 3.06 bits per heavy atom. The third-order valence-corrected chi connectivity index (χ3v) is 4.01. The number of hydrogen-bond acceptors (Lipinski definition) is 3. The van der Waals surface area contributed by atoms with Gasteiger partial charge in [0.05, 0.1) is 18.8 Å². The number of ether oxygens (including phenoxy) is 1. The number of likely N-dealkylation sites (N-methyl/N-ethyl adjacent to an activating group) is 1. The van der Waals surface area contributed by atoms with Crippen LogP contribution in [0.3, 0.4) is 0 Å². The molecule has 0 aromatic heterocycles. The summed E-state index contributed by atoms with van der Waals surface area (Å²) >= 11 is 0. The average Bonchev–Trinajstić information content (AvgIpc) is 2.40. The van der Waals surface area contributed by atoms with Gasteiger partial charge in [0.15, 0.2) is 0 Å². The number of nitrogens with one attached hydrogen (secondary N) is 1. The summed E-state index contributed by atoms with van der Waals surface area (Å²) in [5, 5.41) is 3.71. The molecule has 18 heavy (non-hydrogen) atoms. The minimum atomic E-state index is 0.333. The van der Waals surface area contributed by atoms with Crippen LogP contribution >= 0.6 is 0 Å². The molecule has 0 aromatic rings. The molecule has 1 aliphatic heterocycles. The van der Waals surface area contributed by atoms with E-state index >= 15 is 0 Å². The SMILES string of the molecule is CCCNC(C1=CCCCC1)C1CN(C)CCO1. The molecule has 1 N–H and O–H groups in total. The van der Waals surface area contributed by atoms with Gasteiger partial charge in [-0.15, -0.1) is 0 Å². The van der Waals surface area contributed by atoms with Crippen molar-refractivity contribution in [2.45, 2.75) is 51.2 Å². The van der Waals surface area contributed by atoms with Gasteiger partial charge in [0, 0.05) is 13.1 Å². The average molecular weight is 252 g/mol. The maximum atomic E-state index is 6.02. The van der Waals surface area contributed by atoms with Crippen molar-refractivity contribution < 1.29 is 4.74 Å². The molecule has 2 atom stereocenters. The molecule has 1 fully saturated rings. The first-order valence-electron chi connectivity index (χ1n) is 7.53. The summed E-state index contributed by atoms with van der Waals surface area (Å²) in [6, 6.07) is 0.438. The summed E-state index contributed by atoms with van der Waals surface area (Å²) in [4.78, 5) is 2.39. The minimum Gasteiger partial charge on any atom is -0.374 e.